The van der Waals surface area contributed by atoms with Gasteiger partial charge in [-0.25, -0.2) is 9.59 Å². The lowest BCUT2D eigenvalue weighted by molar-refractivity contribution is 0.102. The van der Waals surface area contributed by atoms with E-state index >= 15 is 0 Å². The van der Waals surface area contributed by atoms with Crippen molar-refractivity contribution in [1.29, 1.82) is 0 Å². The average Bonchev–Trinajstić information content (AvgIpc) is 3.04. The highest BCUT2D eigenvalue weighted by Crippen LogP contribution is 2.26. The predicted molar refractivity (Wildman–Crippen MR) is 112 cm³/mol. The Balaban J connectivity index is 2.15. The molecular weight excluding hydrogens is 394 g/mol. The lowest BCUT2D eigenvalue weighted by atomic mass is 10.00. The van der Waals surface area contributed by atoms with Gasteiger partial charge in [0.15, 0.2) is 5.78 Å². The van der Waals surface area contributed by atoms with Crippen LogP contribution in [0.2, 0.25) is 0 Å². The van der Waals surface area contributed by atoms with Crippen LogP contribution in [0, 0.1) is 6.92 Å². The highest BCUT2D eigenvalue weighted by Gasteiger charge is 2.22. The van der Waals surface area contributed by atoms with Crippen LogP contribution in [0.15, 0.2) is 45.3 Å². The van der Waals surface area contributed by atoms with Crippen molar-refractivity contribution in [1.82, 2.24) is 5.32 Å². The molecule has 3 N–H and O–H groups in total. The summed E-state index contributed by atoms with van der Waals surface area (Å²) >= 11 is 1.52. The minimum atomic E-state index is -1.15. The summed E-state index contributed by atoms with van der Waals surface area (Å²) in [4.78, 5) is 37.3. The molecule has 0 bridgehead atoms. The molecule has 0 radical (unpaired) electrons. The van der Waals surface area contributed by atoms with Gasteiger partial charge in [-0.2, -0.15) is 0 Å². The van der Waals surface area contributed by atoms with Gasteiger partial charge in [0.05, 0.1) is 0 Å². The minimum absolute atomic E-state index is 0.210. The van der Waals surface area contributed by atoms with Crippen molar-refractivity contribution in [2.75, 3.05) is 0 Å². The van der Waals surface area contributed by atoms with Gasteiger partial charge in [-0.15, -0.1) is 11.3 Å². The zero-order chi connectivity index (χ0) is 21.6. The molecule has 2 rings (SSSR count). The Labute approximate surface area is 172 Å². The van der Waals surface area contributed by atoms with Crippen molar-refractivity contribution in [3.8, 4) is 5.75 Å². The maximum Gasteiger partial charge on any atom is 0.408 e. The second kappa shape index (κ2) is 9.88. The number of rotatable bonds is 8. The predicted octanol–water partition coefficient (Wildman–Crippen LogP) is 4.67. The zero-order valence-electron chi connectivity index (χ0n) is 16.4. The van der Waals surface area contributed by atoms with Crippen molar-refractivity contribution < 1.29 is 24.2 Å². The van der Waals surface area contributed by atoms with Gasteiger partial charge in [-0.3, -0.25) is 10.1 Å². The molecule has 2 aromatic rings. The van der Waals surface area contributed by atoms with E-state index in [9.17, 15) is 19.5 Å². The Hall–Kier alpha value is -3.13. The standard InChI is InChI=1S/C21H23NO6S/c1-12(6-4-5-9-22-21(26)27)17-11-16(23)18(20(25)28-17)19(24)13(2)10-15-8-7-14(3)29-15/h5,7-12,22-23H,4,6H2,1-3H3,(H,26,27). The summed E-state index contributed by atoms with van der Waals surface area (Å²) in [6.45, 7) is 5.35. The van der Waals surface area contributed by atoms with Crippen molar-refractivity contribution in [2.24, 2.45) is 0 Å². The first-order valence-electron chi connectivity index (χ1n) is 9.00. The summed E-state index contributed by atoms with van der Waals surface area (Å²) in [6.07, 6.45) is 4.57. The summed E-state index contributed by atoms with van der Waals surface area (Å²) in [5.41, 5.74) is -0.935. The molecule has 0 aliphatic rings. The van der Waals surface area contributed by atoms with Crippen molar-refractivity contribution in [2.45, 2.75) is 39.5 Å². The van der Waals surface area contributed by atoms with E-state index < -0.39 is 23.3 Å². The largest absolute Gasteiger partial charge is 0.507 e. The van der Waals surface area contributed by atoms with Gasteiger partial charge in [-0.05, 0) is 50.5 Å². The Bertz CT molecular complexity index is 1010. The number of Topliss-reactive ketones (excluding diaryl/α,β-unsaturated/α-hetero) is 1. The van der Waals surface area contributed by atoms with Gasteiger partial charge in [0.25, 0.3) is 0 Å². The number of nitrogens with one attached hydrogen (secondary N) is 1. The molecule has 29 heavy (non-hydrogen) atoms. The van der Waals surface area contributed by atoms with Crippen LogP contribution in [0.25, 0.3) is 6.08 Å². The average molecular weight is 417 g/mol. The number of hydrogen-bond donors (Lipinski definition) is 3. The molecule has 0 spiro atoms. The summed E-state index contributed by atoms with van der Waals surface area (Å²) in [7, 11) is 0. The fourth-order valence-corrected chi connectivity index (χ4v) is 3.54. The van der Waals surface area contributed by atoms with Crippen LogP contribution in [0.1, 0.15) is 58.5 Å². The SMILES string of the molecule is CC(=Cc1ccc(C)s1)C(=O)c1c(O)cc(C(C)CCC=CNC(=O)O)oc1=O. The smallest absolute Gasteiger partial charge is 0.408 e. The highest BCUT2D eigenvalue weighted by molar-refractivity contribution is 7.12. The van der Waals surface area contributed by atoms with Gasteiger partial charge in [0, 0.05) is 27.9 Å². The van der Waals surface area contributed by atoms with Crippen LogP contribution in [0.5, 0.6) is 5.75 Å². The summed E-state index contributed by atoms with van der Waals surface area (Å²) in [5.74, 6) is -0.937. The maximum atomic E-state index is 12.6. The first-order chi connectivity index (χ1) is 13.7. The number of carbonyl (C=O) groups is 2. The van der Waals surface area contributed by atoms with Crippen LogP contribution in [-0.4, -0.2) is 22.1 Å². The molecule has 0 saturated carbocycles. The van der Waals surface area contributed by atoms with E-state index in [0.29, 0.717) is 18.4 Å². The molecule has 0 fully saturated rings. The lowest BCUT2D eigenvalue weighted by Gasteiger charge is -2.11. The molecule has 1 atom stereocenters. The molecule has 1 unspecified atom stereocenters. The highest BCUT2D eigenvalue weighted by atomic mass is 32.1. The molecule has 0 saturated heterocycles. The van der Waals surface area contributed by atoms with Gasteiger partial charge < -0.3 is 14.6 Å². The molecule has 2 aromatic heterocycles. The molecule has 2 heterocycles. The molecular formula is C21H23NO6S. The Morgan fingerprint density at radius 3 is 2.66 bits per heavy atom. The Kier molecular flexibility index (Phi) is 7.55. The lowest BCUT2D eigenvalue weighted by Crippen LogP contribution is -2.16. The van der Waals surface area contributed by atoms with Crippen LogP contribution in [0.4, 0.5) is 4.79 Å². The van der Waals surface area contributed by atoms with E-state index in [-0.39, 0.29) is 17.2 Å². The maximum absolute atomic E-state index is 12.6. The van der Waals surface area contributed by atoms with E-state index in [1.807, 2.05) is 26.0 Å². The third-order valence-corrected chi connectivity index (χ3v) is 5.18. The van der Waals surface area contributed by atoms with E-state index in [2.05, 4.69) is 5.32 Å². The Morgan fingerprint density at radius 2 is 2.07 bits per heavy atom. The topological polar surface area (TPSA) is 117 Å². The van der Waals surface area contributed by atoms with Crippen LogP contribution >= 0.6 is 11.3 Å². The van der Waals surface area contributed by atoms with Gasteiger partial charge >= 0.3 is 11.7 Å². The van der Waals surface area contributed by atoms with E-state index in [4.69, 9.17) is 9.52 Å². The van der Waals surface area contributed by atoms with E-state index in [1.165, 1.54) is 23.6 Å². The second-order valence-corrected chi connectivity index (χ2v) is 7.95. The molecule has 0 aliphatic carbocycles. The first kappa shape index (κ1) is 22.2. The number of ketones is 1. The fourth-order valence-electron chi connectivity index (χ4n) is 2.66. The first-order valence-corrected chi connectivity index (χ1v) is 9.81. The minimum Gasteiger partial charge on any atom is -0.507 e. The molecule has 1 amide bonds. The fraction of sp³-hybridized carbons (Fsp3) is 0.286. The number of thiophene rings is 1. The number of amides is 1. The number of aryl methyl sites for hydroxylation is 1. The number of carboxylic acid groups (broad SMARTS) is 1. The summed E-state index contributed by atoms with van der Waals surface area (Å²) in [6, 6.07) is 5.11. The molecule has 7 nitrogen and oxygen atoms in total. The van der Waals surface area contributed by atoms with Crippen LogP contribution < -0.4 is 10.9 Å². The molecule has 8 heteroatoms. The number of hydrogen-bond acceptors (Lipinski definition) is 6. The van der Waals surface area contributed by atoms with Crippen LogP contribution in [-0.2, 0) is 0 Å². The third kappa shape index (κ3) is 6.18. The van der Waals surface area contributed by atoms with Crippen molar-refractivity contribution in [3.05, 3.63) is 67.5 Å². The summed E-state index contributed by atoms with van der Waals surface area (Å²) < 4.78 is 5.28. The Morgan fingerprint density at radius 1 is 1.34 bits per heavy atom. The summed E-state index contributed by atoms with van der Waals surface area (Å²) in [5, 5.41) is 20.9. The quantitative estimate of drug-likeness (QED) is 0.425. The third-order valence-electron chi connectivity index (χ3n) is 4.23. The molecule has 0 aromatic carbocycles. The number of allylic oxidation sites excluding steroid dienone is 2. The van der Waals surface area contributed by atoms with Gasteiger partial charge in [0.2, 0.25) is 0 Å². The van der Waals surface area contributed by atoms with Crippen molar-refractivity contribution in [3.63, 3.8) is 0 Å². The van der Waals surface area contributed by atoms with Gasteiger partial charge in [-0.1, -0.05) is 13.0 Å². The van der Waals surface area contributed by atoms with E-state index in [1.54, 1.807) is 19.1 Å². The van der Waals surface area contributed by atoms with Crippen LogP contribution in [0.3, 0.4) is 0 Å². The van der Waals surface area contributed by atoms with Gasteiger partial charge in [0.1, 0.15) is 17.1 Å². The van der Waals surface area contributed by atoms with Crippen molar-refractivity contribution >= 4 is 29.3 Å². The molecule has 154 valence electrons. The zero-order valence-corrected chi connectivity index (χ0v) is 17.2. The normalized spacial score (nSPS) is 12.9. The second-order valence-electron chi connectivity index (χ2n) is 6.63. The number of aromatic hydroxyl groups is 1. The molecule has 0 aliphatic heterocycles. The van der Waals surface area contributed by atoms with E-state index in [0.717, 1.165) is 9.75 Å². The monoisotopic (exact) mass is 417 g/mol. The number of carbonyl (C=O) groups excluding carboxylic acids is 1.